The van der Waals surface area contributed by atoms with Crippen molar-refractivity contribution in [3.63, 3.8) is 0 Å². The number of ether oxygens (including phenoxy) is 1. The zero-order valence-electron chi connectivity index (χ0n) is 16.5. The molecule has 1 amide bonds. The number of nitrogens with one attached hydrogen (secondary N) is 1. The Morgan fingerprint density at radius 3 is 2.81 bits per heavy atom. The van der Waals surface area contributed by atoms with Gasteiger partial charge in [-0.3, -0.25) is 4.79 Å². The number of aryl methyl sites for hydroxylation is 1. The lowest BCUT2D eigenvalue weighted by molar-refractivity contribution is 0.102. The third kappa shape index (κ3) is 4.96. The smallest absolute Gasteiger partial charge is 0.274 e. The molecule has 6 heteroatoms. The van der Waals surface area contributed by atoms with E-state index in [1.165, 1.54) is 6.42 Å². The van der Waals surface area contributed by atoms with Crippen LogP contribution >= 0.6 is 0 Å². The number of benzene rings is 1. The standard InChI is InChI=1S/C21H28N4O2/c1-14(2)27-19-10-6-5-9-17(19)23-20(26)18-12-16(4)22-21(24-18)25-11-7-8-15(3)13-25/h5-6,9-10,12,14-15H,7-8,11,13H2,1-4H3,(H,23,26). The molecule has 2 heterocycles. The maximum atomic E-state index is 12.8. The van der Waals surface area contributed by atoms with E-state index in [4.69, 9.17) is 4.74 Å². The number of aromatic nitrogens is 2. The van der Waals surface area contributed by atoms with Crippen LogP contribution in [-0.2, 0) is 0 Å². The van der Waals surface area contributed by atoms with Crippen LogP contribution in [0, 0.1) is 12.8 Å². The second-order valence-electron chi connectivity index (χ2n) is 7.50. The molecule has 1 saturated heterocycles. The van der Waals surface area contributed by atoms with E-state index in [2.05, 4.69) is 27.1 Å². The minimum absolute atomic E-state index is 0.0250. The SMILES string of the molecule is Cc1cc(C(=O)Nc2ccccc2OC(C)C)nc(N2CCCC(C)C2)n1. The summed E-state index contributed by atoms with van der Waals surface area (Å²) >= 11 is 0. The number of para-hydroxylation sites is 2. The summed E-state index contributed by atoms with van der Waals surface area (Å²) in [5.41, 5.74) is 1.80. The van der Waals surface area contributed by atoms with Gasteiger partial charge in [0.25, 0.3) is 5.91 Å². The molecule has 0 spiro atoms. The number of carbonyl (C=O) groups is 1. The summed E-state index contributed by atoms with van der Waals surface area (Å²) in [5, 5.41) is 2.93. The number of hydrogen-bond donors (Lipinski definition) is 1. The lowest BCUT2D eigenvalue weighted by Crippen LogP contribution is -2.36. The number of carbonyl (C=O) groups excluding carboxylic acids is 1. The third-order valence-electron chi connectivity index (χ3n) is 4.51. The molecule has 1 unspecified atom stereocenters. The summed E-state index contributed by atoms with van der Waals surface area (Å²) in [6.45, 7) is 9.90. The average Bonchev–Trinajstić information content (AvgIpc) is 2.62. The van der Waals surface area contributed by atoms with Crippen molar-refractivity contribution in [3.8, 4) is 5.75 Å². The fourth-order valence-corrected chi connectivity index (χ4v) is 3.29. The van der Waals surface area contributed by atoms with Gasteiger partial charge in [-0.1, -0.05) is 19.1 Å². The quantitative estimate of drug-likeness (QED) is 0.862. The average molecular weight is 368 g/mol. The van der Waals surface area contributed by atoms with Gasteiger partial charge < -0.3 is 15.0 Å². The molecule has 0 radical (unpaired) electrons. The minimum atomic E-state index is -0.258. The lowest BCUT2D eigenvalue weighted by atomic mass is 10.0. The lowest BCUT2D eigenvalue weighted by Gasteiger charge is -2.31. The zero-order valence-corrected chi connectivity index (χ0v) is 16.5. The number of amides is 1. The Labute approximate surface area is 161 Å². The Bertz CT molecular complexity index is 807. The van der Waals surface area contributed by atoms with E-state index in [0.717, 1.165) is 25.2 Å². The van der Waals surface area contributed by atoms with Crippen LogP contribution in [0.2, 0.25) is 0 Å². The van der Waals surface area contributed by atoms with Crippen molar-refractivity contribution in [2.24, 2.45) is 5.92 Å². The molecule has 144 valence electrons. The van der Waals surface area contributed by atoms with E-state index >= 15 is 0 Å². The van der Waals surface area contributed by atoms with Gasteiger partial charge in [0.2, 0.25) is 5.95 Å². The highest BCUT2D eigenvalue weighted by atomic mass is 16.5. The second-order valence-corrected chi connectivity index (χ2v) is 7.50. The fourth-order valence-electron chi connectivity index (χ4n) is 3.29. The van der Waals surface area contributed by atoms with Crippen molar-refractivity contribution in [3.05, 3.63) is 41.7 Å². The van der Waals surface area contributed by atoms with Crippen molar-refractivity contribution < 1.29 is 9.53 Å². The number of piperidine rings is 1. The van der Waals surface area contributed by atoms with Gasteiger partial charge in [-0.25, -0.2) is 9.97 Å². The molecule has 0 bridgehead atoms. The Morgan fingerprint density at radius 1 is 1.30 bits per heavy atom. The topological polar surface area (TPSA) is 67.3 Å². The van der Waals surface area contributed by atoms with Gasteiger partial charge >= 0.3 is 0 Å². The van der Waals surface area contributed by atoms with E-state index in [0.29, 0.717) is 29.0 Å². The highest BCUT2D eigenvalue weighted by Gasteiger charge is 2.21. The fraction of sp³-hybridized carbons (Fsp3) is 0.476. The Hall–Kier alpha value is -2.63. The van der Waals surface area contributed by atoms with Crippen LogP contribution in [0.1, 0.15) is 49.8 Å². The highest BCUT2D eigenvalue weighted by molar-refractivity contribution is 6.03. The molecule has 27 heavy (non-hydrogen) atoms. The van der Waals surface area contributed by atoms with Crippen molar-refractivity contribution in [1.82, 2.24) is 9.97 Å². The number of hydrogen-bond acceptors (Lipinski definition) is 5. The van der Waals surface area contributed by atoms with Crippen molar-refractivity contribution in [2.45, 2.75) is 46.6 Å². The van der Waals surface area contributed by atoms with E-state index < -0.39 is 0 Å². The first kappa shape index (κ1) is 19.1. The zero-order chi connectivity index (χ0) is 19.4. The summed E-state index contributed by atoms with van der Waals surface area (Å²) in [6, 6.07) is 9.16. The predicted molar refractivity (Wildman–Crippen MR) is 108 cm³/mol. The van der Waals surface area contributed by atoms with Crippen molar-refractivity contribution in [1.29, 1.82) is 0 Å². The van der Waals surface area contributed by atoms with Gasteiger partial charge in [0.15, 0.2) is 0 Å². The molecule has 1 aromatic heterocycles. The summed E-state index contributed by atoms with van der Waals surface area (Å²) < 4.78 is 5.78. The molecule has 0 saturated carbocycles. The highest BCUT2D eigenvalue weighted by Crippen LogP contribution is 2.26. The summed E-state index contributed by atoms with van der Waals surface area (Å²) in [6.07, 6.45) is 2.37. The van der Waals surface area contributed by atoms with E-state index in [1.807, 2.05) is 45.0 Å². The van der Waals surface area contributed by atoms with E-state index in [-0.39, 0.29) is 12.0 Å². The number of rotatable bonds is 5. The summed E-state index contributed by atoms with van der Waals surface area (Å²) in [5.74, 6) is 1.64. The van der Waals surface area contributed by atoms with Crippen LogP contribution in [0.4, 0.5) is 11.6 Å². The first-order valence-corrected chi connectivity index (χ1v) is 9.60. The molecule has 1 fully saturated rings. The monoisotopic (exact) mass is 368 g/mol. The van der Waals surface area contributed by atoms with Gasteiger partial charge in [-0.2, -0.15) is 0 Å². The van der Waals surface area contributed by atoms with Crippen molar-refractivity contribution in [2.75, 3.05) is 23.3 Å². The molecule has 1 aliphatic heterocycles. The molecule has 2 aromatic rings. The van der Waals surface area contributed by atoms with Crippen LogP contribution in [0.25, 0.3) is 0 Å². The van der Waals surface area contributed by atoms with Gasteiger partial charge in [0.05, 0.1) is 11.8 Å². The first-order valence-electron chi connectivity index (χ1n) is 9.60. The normalized spacial score (nSPS) is 17.1. The predicted octanol–water partition coefficient (Wildman–Crippen LogP) is 4.06. The van der Waals surface area contributed by atoms with Crippen LogP contribution in [-0.4, -0.2) is 35.1 Å². The summed E-state index contributed by atoms with van der Waals surface area (Å²) in [4.78, 5) is 24.1. The number of anilines is 2. The van der Waals surface area contributed by atoms with Gasteiger partial charge in [-0.15, -0.1) is 0 Å². The second kappa shape index (κ2) is 8.37. The molecule has 1 aliphatic rings. The number of nitrogens with zero attached hydrogens (tertiary/aromatic N) is 3. The van der Waals surface area contributed by atoms with Crippen LogP contribution < -0.4 is 15.0 Å². The first-order chi connectivity index (χ1) is 12.9. The molecular weight excluding hydrogens is 340 g/mol. The van der Waals surface area contributed by atoms with Gasteiger partial charge in [0, 0.05) is 18.8 Å². The van der Waals surface area contributed by atoms with E-state index in [9.17, 15) is 4.79 Å². The Balaban J connectivity index is 1.81. The molecule has 1 N–H and O–H groups in total. The largest absolute Gasteiger partial charge is 0.489 e. The molecule has 1 aromatic carbocycles. The van der Waals surface area contributed by atoms with Gasteiger partial charge in [0.1, 0.15) is 11.4 Å². The Morgan fingerprint density at radius 2 is 2.07 bits per heavy atom. The van der Waals surface area contributed by atoms with Crippen LogP contribution in [0.15, 0.2) is 30.3 Å². The third-order valence-corrected chi connectivity index (χ3v) is 4.51. The Kier molecular flexibility index (Phi) is 5.94. The van der Waals surface area contributed by atoms with Crippen LogP contribution in [0.5, 0.6) is 5.75 Å². The van der Waals surface area contributed by atoms with Gasteiger partial charge in [-0.05, 0) is 57.7 Å². The molecule has 6 nitrogen and oxygen atoms in total. The molecule has 1 atom stereocenters. The minimum Gasteiger partial charge on any atom is -0.489 e. The summed E-state index contributed by atoms with van der Waals surface area (Å²) in [7, 11) is 0. The maximum absolute atomic E-state index is 12.8. The molecule has 3 rings (SSSR count). The van der Waals surface area contributed by atoms with Crippen molar-refractivity contribution >= 4 is 17.5 Å². The van der Waals surface area contributed by atoms with Crippen LogP contribution in [0.3, 0.4) is 0 Å². The maximum Gasteiger partial charge on any atom is 0.274 e. The van der Waals surface area contributed by atoms with E-state index in [1.54, 1.807) is 6.07 Å². The molecular formula is C21H28N4O2. The molecule has 0 aliphatic carbocycles.